The monoisotopic (exact) mass is 492 g/mol. The van der Waals surface area contributed by atoms with Crippen LogP contribution in [0.1, 0.15) is 61.3 Å². The van der Waals surface area contributed by atoms with E-state index in [1.807, 2.05) is 13.8 Å². The fraction of sp³-hybridized carbons (Fsp3) is 1.00. The normalized spacial score (nSPS) is 16.0. The lowest BCUT2D eigenvalue weighted by atomic mass is 10.3. The summed E-state index contributed by atoms with van der Waals surface area (Å²) in [5.41, 5.74) is 0. The number of rotatable bonds is 14. The van der Waals surface area contributed by atoms with Crippen molar-refractivity contribution in [2.75, 3.05) is 39.6 Å². The molecule has 33 heavy (non-hydrogen) atoms. The number of aliphatic hydroxyl groups is 8. The van der Waals surface area contributed by atoms with E-state index >= 15 is 0 Å². The van der Waals surface area contributed by atoms with Crippen molar-refractivity contribution in [2.45, 2.75) is 104 Å². The molecule has 11 nitrogen and oxygen atoms in total. The minimum atomic E-state index is -1.10. The van der Waals surface area contributed by atoms with E-state index in [2.05, 4.69) is 0 Å². The molecule has 0 aliphatic heterocycles. The van der Waals surface area contributed by atoms with Crippen LogP contribution in [0.3, 0.4) is 0 Å². The Balaban J connectivity index is -0.000000183. The maximum absolute atomic E-state index is 8.92. The molecule has 0 rings (SSSR count). The van der Waals surface area contributed by atoms with Crippen LogP contribution in [0.15, 0.2) is 0 Å². The van der Waals surface area contributed by atoms with Crippen molar-refractivity contribution in [2.24, 2.45) is 0 Å². The lowest BCUT2D eigenvalue weighted by Gasteiger charge is -2.16. The first-order valence-corrected chi connectivity index (χ1v) is 11.3. The van der Waals surface area contributed by atoms with Crippen LogP contribution in [0.2, 0.25) is 0 Å². The summed E-state index contributed by atoms with van der Waals surface area (Å²) in [7, 11) is 0. The summed E-state index contributed by atoms with van der Waals surface area (Å²) < 4.78 is 15.4. The second-order valence-corrected chi connectivity index (χ2v) is 7.80. The molecular weight excluding hydrogens is 440 g/mol. The fourth-order valence-electron chi connectivity index (χ4n) is 1.32. The van der Waals surface area contributed by atoms with Crippen LogP contribution in [0, 0.1) is 0 Å². The van der Waals surface area contributed by atoms with Crippen molar-refractivity contribution >= 4 is 0 Å². The van der Waals surface area contributed by atoms with E-state index in [4.69, 9.17) is 55.1 Å². The quantitative estimate of drug-likeness (QED) is 0.144. The Morgan fingerprint density at radius 2 is 0.848 bits per heavy atom. The van der Waals surface area contributed by atoms with Gasteiger partial charge in [-0.1, -0.05) is 13.3 Å². The third-order valence-electron chi connectivity index (χ3n) is 3.18. The van der Waals surface area contributed by atoms with Crippen LogP contribution < -0.4 is 0 Å². The molecule has 0 heterocycles. The molecule has 0 aliphatic rings. The Hall–Kier alpha value is -0.440. The smallest absolute Gasteiger partial charge is 0.151 e. The van der Waals surface area contributed by atoms with Crippen molar-refractivity contribution in [3.63, 3.8) is 0 Å². The van der Waals surface area contributed by atoms with Crippen molar-refractivity contribution in [3.8, 4) is 0 Å². The summed E-state index contributed by atoms with van der Waals surface area (Å²) in [5.74, 6) is 0. The Labute approximate surface area is 199 Å². The molecule has 0 saturated heterocycles. The molecule has 8 N–H and O–H groups in total. The van der Waals surface area contributed by atoms with Crippen molar-refractivity contribution in [3.05, 3.63) is 0 Å². The largest absolute Gasteiger partial charge is 0.394 e. The van der Waals surface area contributed by atoms with Gasteiger partial charge in [0.05, 0.1) is 76.3 Å². The standard InChI is InChI=1S/C9H20O4.C6H14O3.C4H10O2.C3H8O2/c1-7(11)5-12-9(3)6-13-8(2)4-10;1-5(8)4-9-6(2)3-7;1-2-3-4(5)6;1-3(5)2-4/h7-11H,4-6H2,1-3H3;5-8H,3-4H2,1-2H3;4-6H,2-3H2,1H3;3-5H,2H2,1H3. The Morgan fingerprint density at radius 3 is 1.06 bits per heavy atom. The average Bonchev–Trinajstić information content (AvgIpc) is 2.75. The highest BCUT2D eigenvalue weighted by atomic mass is 16.5. The lowest BCUT2D eigenvalue weighted by molar-refractivity contribution is -0.0620. The molecule has 0 saturated carbocycles. The second-order valence-electron chi connectivity index (χ2n) is 7.80. The Bertz CT molecular complexity index is 342. The third kappa shape index (κ3) is 49.7. The van der Waals surface area contributed by atoms with Gasteiger partial charge in [0.2, 0.25) is 0 Å². The molecule has 0 fully saturated rings. The molecule has 0 aromatic rings. The van der Waals surface area contributed by atoms with Gasteiger partial charge < -0.3 is 55.1 Å². The molecule has 0 aromatic heterocycles. The molecule has 0 aliphatic carbocycles. The molecular formula is C22H52O11. The molecule has 0 aromatic carbocycles. The van der Waals surface area contributed by atoms with Gasteiger partial charge in [-0.25, -0.2) is 0 Å². The molecule has 0 amide bonds. The zero-order valence-electron chi connectivity index (χ0n) is 21.5. The summed E-state index contributed by atoms with van der Waals surface area (Å²) in [4.78, 5) is 0. The topological polar surface area (TPSA) is 190 Å². The van der Waals surface area contributed by atoms with E-state index in [-0.39, 0.29) is 38.1 Å². The highest BCUT2D eigenvalue weighted by Gasteiger charge is 2.07. The average molecular weight is 493 g/mol. The highest BCUT2D eigenvalue weighted by molar-refractivity contribution is 4.53. The first-order valence-electron chi connectivity index (χ1n) is 11.3. The zero-order chi connectivity index (χ0) is 26.8. The van der Waals surface area contributed by atoms with Crippen LogP contribution in [0.25, 0.3) is 0 Å². The molecule has 6 unspecified atom stereocenters. The van der Waals surface area contributed by atoms with Gasteiger partial charge in [0.25, 0.3) is 0 Å². The number of aliphatic hydroxyl groups excluding tert-OH is 7. The minimum Gasteiger partial charge on any atom is -0.394 e. The molecule has 0 spiro atoms. The van der Waals surface area contributed by atoms with E-state index < -0.39 is 24.6 Å². The van der Waals surface area contributed by atoms with E-state index in [0.717, 1.165) is 6.42 Å². The van der Waals surface area contributed by atoms with Gasteiger partial charge in [-0.15, -0.1) is 0 Å². The van der Waals surface area contributed by atoms with Gasteiger partial charge in [0.1, 0.15) is 0 Å². The summed E-state index contributed by atoms with van der Waals surface area (Å²) in [6, 6.07) is 0. The Kier molecular flexibility index (Phi) is 35.7. The summed E-state index contributed by atoms with van der Waals surface area (Å²) in [6.45, 7) is 13.1. The Morgan fingerprint density at radius 1 is 0.515 bits per heavy atom. The van der Waals surface area contributed by atoms with E-state index in [0.29, 0.717) is 26.2 Å². The van der Waals surface area contributed by atoms with Crippen LogP contribution in [-0.4, -0.2) is 123 Å². The molecule has 206 valence electrons. The van der Waals surface area contributed by atoms with Crippen molar-refractivity contribution < 1.29 is 55.1 Å². The predicted molar refractivity (Wildman–Crippen MR) is 126 cm³/mol. The van der Waals surface area contributed by atoms with Gasteiger partial charge >= 0.3 is 0 Å². The lowest BCUT2D eigenvalue weighted by Crippen LogP contribution is -2.24. The summed E-state index contributed by atoms with van der Waals surface area (Å²) in [5, 5.41) is 66.9. The van der Waals surface area contributed by atoms with Crippen LogP contribution in [0.5, 0.6) is 0 Å². The molecule has 6 atom stereocenters. The fourth-order valence-corrected chi connectivity index (χ4v) is 1.32. The minimum absolute atomic E-state index is 0.00667. The summed E-state index contributed by atoms with van der Waals surface area (Å²) in [6.07, 6.45) is -1.61. The second kappa shape index (κ2) is 29.6. The maximum atomic E-state index is 8.92. The zero-order valence-corrected chi connectivity index (χ0v) is 21.5. The van der Waals surface area contributed by atoms with Gasteiger partial charge in [0, 0.05) is 0 Å². The first-order chi connectivity index (χ1) is 15.3. The molecule has 11 heteroatoms. The van der Waals surface area contributed by atoms with Crippen LogP contribution in [-0.2, 0) is 14.2 Å². The van der Waals surface area contributed by atoms with E-state index in [1.54, 1.807) is 27.7 Å². The summed E-state index contributed by atoms with van der Waals surface area (Å²) >= 11 is 0. The number of hydrogen-bond donors (Lipinski definition) is 8. The van der Waals surface area contributed by atoms with Crippen LogP contribution in [0.4, 0.5) is 0 Å². The molecule has 0 radical (unpaired) electrons. The van der Waals surface area contributed by atoms with E-state index in [1.165, 1.54) is 6.92 Å². The van der Waals surface area contributed by atoms with Gasteiger partial charge in [0.15, 0.2) is 6.29 Å². The predicted octanol–water partition coefficient (Wildman–Crippen LogP) is -0.609. The van der Waals surface area contributed by atoms with Gasteiger partial charge in [-0.2, -0.15) is 0 Å². The first kappa shape index (κ1) is 39.8. The van der Waals surface area contributed by atoms with E-state index in [9.17, 15) is 0 Å². The van der Waals surface area contributed by atoms with Gasteiger partial charge in [-0.05, 0) is 48.0 Å². The third-order valence-corrected chi connectivity index (χ3v) is 3.18. The van der Waals surface area contributed by atoms with Gasteiger partial charge in [-0.3, -0.25) is 0 Å². The SMILES string of the molecule is CC(O)CO.CC(O)COC(C)CO.CC(O)COC(C)COC(C)CO.CCCC(O)O. The van der Waals surface area contributed by atoms with Crippen LogP contribution >= 0.6 is 0 Å². The maximum Gasteiger partial charge on any atom is 0.151 e. The number of ether oxygens (including phenoxy) is 3. The van der Waals surface area contributed by atoms with Crippen molar-refractivity contribution in [1.82, 2.24) is 0 Å². The highest BCUT2D eigenvalue weighted by Crippen LogP contribution is 1.97. The number of hydrogen-bond acceptors (Lipinski definition) is 11. The molecule has 0 bridgehead atoms. The van der Waals surface area contributed by atoms with Crippen molar-refractivity contribution in [1.29, 1.82) is 0 Å².